The summed E-state index contributed by atoms with van der Waals surface area (Å²) in [5.74, 6) is 6.44. The van der Waals surface area contributed by atoms with Crippen molar-refractivity contribution in [2.45, 2.75) is 26.8 Å². The van der Waals surface area contributed by atoms with E-state index in [1.807, 2.05) is 13.0 Å². The molecule has 0 amide bonds. The molecule has 1 unspecified atom stereocenters. The molecule has 0 aliphatic heterocycles. The fraction of sp³-hybridized carbons (Fsp3) is 0.500. The van der Waals surface area contributed by atoms with Crippen LogP contribution in [-0.2, 0) is 0 Å². The third-order valence-corrected chi connectivity index (χ3v) is 2.50. The van der Waals surface area contributed by atoms with Crippen molar-refractivity contribution in [3.63, 3.8) is 0 Å². The highest BCUT2D eigenvalue weighted by atomic mass is 32.1. The molecule has 0 saturated heterocycles. The van der Waals surface area contributed by atoms with Crippen LogP contribution in [0.2, 0.25) is 0 Å². The lowest BCUT2D eigenvalue weighted by Crippen LogP contribution is -2.23. The molecule has 1 heterocycles. The first kappa shape index (κ1) is 10.2. The van der Waals surface area contributed by atoms with Gasteiger partial charge in [0.2, 0.25) is 0 Å². The van der Waals surface area contributed by atoms with Crippen molar-refractivity contribution in [3.8, 4) is 11.8 Å². The largest absolute Gasteiger partial charge is 0.317 e. The van der Waals surface area contributed by atoms with Crippen LogP contribution in [-0.4, -0.2) is 10.4 Å². The van der Waals surface area contributed by atoms with Crippen LogP contribution in [0, 0.1) is 24.7 Å². The second kappa shape index (κ2) is 4.40. The molecular weight excluding hydrogens is 180 g/mol. The number of nitrogens with zero attached hydrogens (tertiary/aromatic N) is 1. The summed E-state index contributed by atoms with van der Waals surface area (Å²) in [6.45, 7) is 6.10. The second-order valence-electron chi connectivity index (χ2n) is 3.37. The Morgan fingerprint density at radius 3 is 2.69 bits per heavy atom. The van der Waals surface area contributed by atoms with E-state index in [2.05, 4.69) is 30.1 Å². The minimum absolute atomic E-state index is 0.0394. The van der Waals surface area contributed by atoms with E-state index >= 15 is 0 Å². The Bertz CT molecular complexity index is 330. The number of hydrogen-bond acceptors (Lipinski definition) is 3. The predicted molar refractivity (Wildman–Crippen MR) is 56.5 cm³/mol. The predicted octanol–water partition coefficient (Wildman–Crippen LogP) is 1.79. The molecule has 0 bridgehead atoms. The van der Waals surface area contributed by atoms with Crippen LogP contribution >= 0.6 is 11.5 Å². The highest BCUT2D eigenvalue weighted by Crippen LogP contribution is 2.07. The molecule has 0 spiro atoms. The van der Waals surface area contributed by atoms with Crippen molar-refractivity contribution in [2.24, 2.45) is 11.7 Å². The van der Waals surface area contributed by atoms with Gasteiger partial charge in [0.25, 0.3) is 0 Å². The van der Waals surface area contributed by atoms with E-state index in [0.717, 1.165) is 10.6 Å². The van der Waals surface area contributed by atoms with Crippen LogP contribution in [0.5, 0.6) is 0 Å². The monoisotopic (exact) mass is 194 g/mol. The highest BCUT2D eigenvalue weighted by molar-refractivity contribution is 7.06. The molecule has 0 aliphatic carbocycles. The van der Waals surface area contributed by atoms with E-state index in [0.29, 0.717) is 5.92 Å². The molecule has 1 aromatic heterocycles. The Kier molecular flexibility index (Phi) is 3.47. The molecule has 13 heavy (non-hydrogen) atoms. The standard InChI is InChI=1S/C10H14N2S/c1-7(2)10(11)5-4-9-6-8(3)12-13-9/h6-7,10H,11H2,1-3H3. The second-order valence-corrected chi connectivity index (χ2v) is 4.18. The van der Waals surface area contributed by atoms with Crippen LogP contribution in [0.4, 0.5) is 0 Å². The number of aryl methyl sites for hydroxylation is 1. The molecule has 0 aromatic carbocycles. The van der Waals surface area contributed by atoms with E-state index < -0.39 is 0 Å². The molecule has 1 aromatic rings. The van der Waals surface area contributed by atoms with E-state index in [9.17, 15) is 0 Å². The van der Waals surface area contributed by atoms with Gasteiger partial charge in [0.05, 0.1) is 16.6 Å². The summed E-state index contributed by atoms with van der Waals surface area (Å²) in [5, 5.41) is 0. The molecule has 1 atom stereocenters. The summed E-state index contributed by atoms with van der Waals surface area (Å²) in [6, 6.07) is 1.94. The van der Waals surface area contributed by atoms with Crippen molar-refractivity contribution < 1.29 is 0 Å². The van der Waals surface area contributed by atoms with Gasteiger partial charge < -0.3 is 5.73 Å². The normalized spacial score (nSPS) is 12.4. The van der Waals surface area contributed by atoms with Gasteiger partial charge in [-0.1, -0.05) is 25.7 Å². The van der Waals surface area contributed by atoms with Gasteiger partial charge in [-0.3, -0.25) is 0 Å². The summed E-state index contributed by atoms with van der Waals surface area (Å²) in [7, 11) is 0. The van der Waals surface area contributed by atoms with Gasteiger partial charge in [-0.25, -0.2) is 0 Å². The lowest BCUT2D eigenvalue weighted by molar-refractivity contribution is 0.584. The Hall–Kier alpha value is -0.850. The molecule has 0 saturated carbocycles. The Morgan fingerprint density at radius 2 is 2.23 bits per heavy atom. The molecule has 3 heteroatoms. The minimum Gasteiger partial charge on any atom is -0.317 e. The van der Waals surface area contributed by atoms with E-state index in [1.54, 1.807) is 0 Å². The topological polar surface area (TPSA) is 38.9 Å². The van der Waals surface area contributed by atoms with Gasteiger partial charge in [0, 0.05) is 0 Å². The van der Waals surface area contributed by atoms with Crippen LogP contribution in [0.25, 0.3) is 0 Å². The number of aromatic nitrogens is 1. The summed E-state index contributed by atoms with van der Waals surface area (Å²) < 4.78 is 4.14. The summed E-state index contributed by atoms with van der Waals surface area (Å²) in [5.41, 5.74) is 6.80. The van der Waals surface area contributed by atoms with Crippen molar-refractivity contribution >= 4 is 11.5 Å². The van der Waals surface area contributed by atoms with Crippen LogP contribution in [0.15, 0.2) is 6.07 Å². The number of nitrogens with two attached hydrogens (primary N) is 1. The minimum atomic E-state index is -0.0394. The maximum atomic E-state index is 5.78. The third kappa shape index (κ3) is 3.17. The molecule has 0 aliphatic rings. The fourth-order valence-electron chi connectivity index (χ4n) is 0.744. The number of rotatable bonds is 1. The lowest BCUT2D eigenvalue weighted by Gasteiger charge is -2.05. The van der Waals surface area contributed by atoms with E-state index in [-0.39, 0.29) is 6.04 Å². The first-order chi connectivity index (χ1) is 6.09. The maximum Gasteiger partial charge on any atom is 0.0978 e. The molecule has 0 fully saturated rings. The van der Waals surface area contributed by atoms with Crippen LogP contribution < -0.4 is 5.73 Å². The summed E-state index contributed by atoms with van der Waals surface area (Å²) in [4.78, 5) is 0.994. The smallest absolute Gasteiger partial charge is 0.0978 e. The zero-order valence-electron chi connectivity index (χ0n) is 8.16. The Labute approximate surface area is 83.3 Å². The first-order valence-corrected chi connectivity index (χ1v) is 5.07. The molecule has 2 N–H and O–H groups in total. The van der Waals surface area contributed by atoms with Gasteiger partial charge >= 0.3 is 0 Å². The van der Waals surface area contributed by atoms with Crippen molar-refractivity contribution in [1.82, 2.24) is 4.37 Å². The van der Waals surface area contributed by atoms with Crippen LogP contribution in [0.3, 0.4) is 0 Å². The quantitative estimate of drug-likeness (QED) is 0.692. The first-order valence-electron chi connectivity index (χ1n) is 4.30. The van der Waals surface area contributed by atoms with Gasteiger partial charge in [0.15, 0.2) is 0 Å². The third-order valence-electron chi connectivity index (χ3n) is 1.71. The van der Waals surface area contributed by atoms with Gasteiger partial charge in [0.1, 0.15) is 0 Å². The van der Waals surface area contributed by atoms with Crippen molar-refractivity contribution in [3.05, 3.63) is 16.6 Å². The van der Waals surface area contributed by atoms with E-state index in [4.69, 9.17) is 5.73 Å². The number of hydrogen-bond donors (Lipinski definition) is 1. The van der Waals surface area contributed by atoms with E-state index in [1.165, 1.54) is 11.5 Å². The Morgan fingerprint density at radius 1 is 1.54 bits per heavy atom. The fourth-order valence-corrected chi connectivity index (χ4v) is 1.37. The Balaban J connectivity index is 2.67. The van der Waals surface area contributed by atoms with Gasteiger partial charge in [-0.2, -0.15) is 4.37 Å². The molecule has 1 rings (SSSR count). The zero-order valence-corrected chi connectivity index (χ0v) is 8.98. The molecule has 70 valence electrons. The van der Waals surface area contributed by atoms with Crippen LogP contribution in [0.1, 0.15) is 24.4 Å². The summed E-state index contributed by atoms with van der Waals surface area (Å²) >= 11 is 1.42. The molecule has 0 radical (unpaired) electrons. The highest BCUT2D eigenvalue weighted by Gasteiger charge is 2.02. The average molecular weight is 194 g/mol. The lowest BCUT2D eigenvalue weighted by atomic mass is 10.1. The SMILES string of the molecule is Cc1cc(C#CC(N)C(C)C)sn1. The van der Waals surface area contributed by atoms with Crippen molar-refractivity contribution in [1.29, 1.82) is 0 Å². The molecular formula is C10H14N2S. The maximum absolute atomic E-state index is 5.78. The van der Waals surface area contributed by atoms with Gasteiger partial charge in [-0.15, -0.1) is 0 Å². The average Bonchev–Trinajstić information content (AvgIpc) is 2.47. The molecule has 2 nitrogen and oxygen atoms in total. The zero-order chi connectivity index (χ0) is 9.84. The summed E-state index contributed by atoms with van der Waals surface area (Å²) in [6.07, 6.45) is 0. The van der Waals surface area contributed by atoms with Gasteiger partial charge in [-0.05, 0) is 30.4 Å². The van der Waals surface area contributed by atoms with Crippen molar-refractivity contribution in [2.75, 3.05) is 0 Å².